The van der Waals surface area contributed by atoms with Gasteiger partial charge >= 0.3 is 0 Å². The second kappa shape index (κ2) is 8.11. The van der Waals surface area contributed by atoms with Crippen molar-refractivity contribution in [2.45, 2.75) is 89.4 Å². The summed E-state index contributed by atoms with van der Waals surface area (Å²) in [6.45, 7) is 18.2. The average Bonchev–Trinajstić information content (AvgIpc) is 2.43. The lowest BCUT2D eigenvalue weighted by Gasteiger charge is -2.30. The lowest BCUT2D eigenvalue weighted by atomic mass is 9.77. The summed E-state index contributed by atoms with van der Waals surface area (Å²) in [6.07, 6.45) is 3.05. The number of halogens is 1. The Morgan fingerprint density at radius 2 is 1.56 bits per heavy atom. The van der Waals surface area contributed by atoms with Gasteiger partial charge in [0.25, 0.3) is 0 Å². The zero-order valence-corrected chi connectivity index (χ0v) is 18.4. The van der Waals surface area contributed by atoms with Crippen LogP contribution in [-0.4, -0.2) is 21.4 Å². The van der Waals surface area contributed by atoms with E-state index in [2.05, 4.69) is 71.1 Å². The molecule has 4 heteroatoms. The number of aromatic hydroxyl groups is 1. The van der Waals surface area contributed by atoms with E-state index in [1.807, 2.05) is 12.1 Å². The third-order valence-electron chi connectivity index (χ3n) is 4.58. The van der Waals surface area contributed by atoms with E-state index in [0.29, 0.717) is 5.75 Å². The number of alkyl halides is 1. The predicted molar refractivity (Wildman–Crippen MR) is 111 cm³/mol. The van der Waals surface area contributed by atoms with E-state index in [1.165, 1.54) is 0 Å². The lowest BCUT2D eigenvalue weighted by Crippen LogP contribution is -2.24. The fourth-order valence-electron chi connectivity index (χ4n) is 3.08. The van der Waals surface area contributed by atoms with Gasteiger partial charge in [-0.2, -0.15) is 0 Å². The Labute approximate surface area is 161 Å². The number of hydrogen-bond acceptors (Lipinski definition) is 2. The van der Waals surface area contributed by atoms with Crippen molar-refractivity contribution in [1.29, 1.82) is 0 Å². The van der Waals surface area contributed by atoms with Gasteiger partial charge in [-0.3, -0.25) is 0 Å². The minimum Gasteiger partial charge on any atom is -0.624 e. The fraction of sp³-hybridized carbons (Fsp3) is 0.667. The van der Waals surface area contributed by atoms with Crippen LogP contribution in [0.15, 0.2) is 12.1 Å². The minimum atomic E-state index is -0.380. The van der Waals surface area contributed by atoms with Crippen LogP contribution in [0, 0.1) is 5.21 Å². The molecule has 3 nitrogen and oxygen atoms in total. The number of rotatable bonds is 6. The molecule has 25 heavy (non-hydrogen) atoms. The molecule has 0 heterocycles. The highest BCUT2D eigenvalue weighted by Gasteiger charge is 2.32. The predicted octanol–water partition coefficient (Wildman–Crippen LogP) is 6.19. The van der Waals surface area contributed by atoms with Crippen molar-refractivity contribution in [3.05, 3.63) is 34.0 Å². The first-order valence-electron chi connectivity index (χ1n) is 9.09. The summed E-state index contributed by atoms with van der Waals surface area (Å²) < 4.78 is 0.792. The standard InChI is InChI=1S/C21H34BrNO2/c1-9-10-11-17(22)18(23(8)25)14-12-15(20(2,3)4)19(24)16(13-14)21(5,6)7/h12-13,17-18,24H,8-11H2,1-7H3. The fourth-order valence-corrected chi connectivity index (χ4v) is 3.98. The van der Waals surface area contributed by atoms with Crippen molar-refractivity contribution in [1.82, 2.24) is 0 Å². The number of nitrogens with zero attached hydrogens (tertiary/aromatic N) is 1. The van der Waals surface area contributed by atoms with Gasteiger partial charge in [-0.25, -0.2) is 4.74 Å². The second-order valence-corrected chi connectivity index (χ2v) is 10.2. The molecule has 0 amide bonds. The molecule has 0 bridgehead atoms. The number of hydroxylamine groups is 1. The smallest absolute Gasteiger partial charge is 0.200 e. The number of benzene rings is 1. The number of hydrogen-bond donors (Lipinski definition) is 1. The van der Waals surface area contributed by atoms with Crippen molar-refractivity contribution in [3.63, 3.8) is 0 Å². The van der Waals surface area contributed by atoms with Gasteiger partial charge in [-0.05, 0) is 29.4 Å². The summed E-state index contributed by atoms with van der Waals surface area (Å²) in [6, 6.07) is 3.58. The van der Waals surface area contributed by atoms with Gasteiger partial charge in [0.1, 0.15) is 12.5 Å². The van der Waals surface area contributed by atoms with Gasteiger partial charge in [0.2, 0.25) is 0 Å². The highest BCUT2D eigenvalue weighted by Crippen LogP contribution is 2.42. The molecule has 1 N–H and O–H groups in total. The van der Waals surface area contributed by atoms with E-state index >= 15 is 0 Å². The van der Waals surface area contributed by atoms with Crippen LogP contribution in [-0.2, 0) is 10.8 Å². The topological polar surface area (TPSA) is 46.3 Å². The summed E-state index contributed by atoms with van der Waals surface area (Å²) in [5.74, 6) is 0.337. The van der Waals surface area contributed by atoms with Crippen LogP contribution in [0.5, 0.6) is 5.75 Å². The molecular formula is C21H34BrNO2. The molecule has 0 fully saturated rings. The molecular weight excluding hydrogens is 378 g/mol. The summed E-state index contributed by atoms with van der Waals surface area (Å²) in [4.78, 5) is 0.0210. The summed E-state index contributed by atoms with van der Waals surface area (Å²) in [7, 11) is 0. The maximum atomic E-state index is 12.3. The van der Waals surface area contributed by atoms with Gasteiger partial charge in [0, 0.05) is 16.7 Å². The molecule has 0 saturated carbocycles. The molecule has 2 atom stereocenters. The van der Waals surface area contributed by atoms with Crippen molar-refractivity contribution in [3.8, 4) is 5.75 Å². The van der Waals surface area contributed by atoms with Crippen LogP contribution in [0.3, 0.4) is 0 Å². The Kier molecular flexibility index (Phi) is 7.14. The van der Waals surface area contributed by atoms with Crippen LogP contribution in [0.4, 0.5) is 0 Å². The summed E-state index contributed by atoms with van der Waals surface area (Å²) >= 11 is 3.71. The molecule has 1 rings (SSSR count). The van der Waals surface area contributed by atoms with Crippen molar-refractivity contribution < 1.29 is 9.85 Å². The van der Waals surface area contributed by atoms with E-state index in [0.717, 1.165) is 40.7 Å². The average molecular weight is 412 g/mol. The van der Waals surface area contributed by atoms with Gasteiger partial charge < -0.3 is 10.3 Å². The Morgan fingerprint density at radius 3 is 1.88 bits per heavy atom. The van der Waals surface area contributed by atoms with Gasteiger partial charge in [-0.1, -0.05) is 77.2 Å². The highest BCUT2D eigenvalue weighted by atomic mass is 79.9. The van der Waals surface area contributed by atoms with E-state index < -0.39 is 0 Å². The van der Waals surface area contributed by atoms with Crippen LogP contribution < -0.4 is 0 Å². The van der Waals surface area contributed by atoms with Crippen LogP contribution in [0.1, 0.15) is 90.5 Å². The molecule has 1 aromatic rings. The molecule has 0 aliphatic heterocycles. The van der Waals surface area contributed by atoms with E-state index in [-0.39, 0.29) is 21.7 Å². The van der Waals surface area contributed by atoms with Crippen molar-refractivity contribution in [2.75, 3.05) is 0 Å². The quantitative estimate of drug-likeness (QED) is 0.199. The van der Waals surface area contributed by atoms with E-state index in [4.69, 9.17) is 0 Å². The molecule has 0 aliphatic carbocycles. The van der Waals surface area contributed by atoms with Crippen LogP contribution in [0.25, 0.3) is 0 Å². The first kappa shape index (κ1) is 22.0. The summed E-state index contributed by atoms with van der Waals surface area (Å²) in [5.41, 5.74) is 2.22. The maximum Gasteiger partial charge on any atom is 0.200 e. The first-order valence-corrected chi connectivity index (χ1v) is 10.0. The molecule has 142 valence electrons. The van der Waals surface area contributed by atoms with E-state index in [1.54, 1.807) is 0 Å². The molecule has 0 radical (unpaired) electrons. The maximum absolute atomic E-state index is 12.3. The molecule has 2 unspecified atom stereocenters. The highest BCUT2D eigenvalue weighted by molar-refractivity contribution is 9.09. The zero-order chi connectivity index (χ0) is 19.6. The largest absolute Gasteiger partial charge is 0.624 e. The Morgan fingerprint density at radius 1 is 1.12 bits per heavy atom. The van der Waals surface area contributed by atoms with Crippen LogP contribution in [0.2, 0.25) is 0 Å². The van der Waals surface area contributed by atoms with Crippen molar-refractivity contribution >= 4 is 22.6 Å². The normalized spacial score (nSPS) is 15.0. The molecule has 0 aromatic heterocycles. The SMILES string of the molecule is C=[N+]([O-])C(c1cc(C(C)(C)C)c(O)c(C(C)(C)C)c1)C(Br)CCCC. The molecule has 1 aromatic carbocycles. The first-order chi connectivity index (χ1) is 11.3. The van der Waals surface area contributed by atoms with Gasteiger partial charge in [0.15, 0.2) is 6.04 Å². The minimum absolute atomic E-state index is 0.0210. The number of phenolic OH excluding ortho intramolecular Hbond substituents is 1. The van der Waals surface area contributed by atoms with E-state index in [9.17, 15) is 10.3 Å². The third-order valence-corrected chi connectivity index (χ3v) is 5.53. The van der Waals surface area contributed by atoms with Crippen LogP contribution >= 0.6 is 15.9 Å². The number of phenols is 1. The Balaban J connectivity index is 3.58. The zero-order valence-electron chi connectivity index (χ0n) is 16.8. The third kappa shape index (κ3) is 5.47. The lowest BCUT2D eigenvalue weighted by molar-refractivity contribution is -0.498. The number of unbranched alkanes of at least 4 members (excludes halogenated alkanes) is 1. The van der Waals surface area contributed by atoms with Crippen molar-refractivity contribution in [2.24, 2.45) is 0 Å². The Hall–Kier alpha value is -1.03. The Bertz CT molecular complexity index is 576. The van der Waals surface area contributed by atoms with Gasteiger partial charge in [0.05, 0.1) is 4.83 Å². The van der Waals surface area contributed by atoms with Gasteiger partial charge in [-0.15, -0.1) is 0 Å². The monoisotopic (exact) mass is 411 g/mol. The molecule has 0 saturated heterocycles. The second-order valence-electron chi connectivity index (χ2n) is 8.98. The molecule has 0 aliphatic rings. The summed E-state index contributed by atoms with van der Waals surface area (Å²) in [5, 5.41) is 23.1. The molecule has 0 spiro atoms.